The Morgan fingerprint density at radius 1 is 1.13 bits per heavy atom. The fourth-order valence-corrected chi connectivity index (χ4v) is 3.57. The van der Waals surface area contributed by atoms with Crippen LogP contribution in [0.25, 0.3) is 16.9 Å². The Bertz CT molecular complexity index is 1400. The summed E-state index contributed by atoms with van der Waals surface area (Å²) in [6.45, 7) is 1.78. The van der Waals surface area contributed by atoms with Crippen molar-refractivity contribution in [1.82, 2.24) is 18.7 Å². The summed E-state index contributed by atoms with van der Waals surface area (Å²) in [4.78, 5) is 43.2. The van der Waals surface area contributed by atoms with Gasteiger partial charge in [0.05, 0.1) is 25.7 Å². The van der Waals surface area contributed by atoms with Crippen molar-refractivity contribution in [1.29, 1.82) is 0 Å². The first-order valence-corrected chi connectivity index (χ1v) is 9.96. The molecule has 0 atom stereocenters. The molecule has 0 aliphatic rings. The highest BCUT2D eigenvalue weighted by Crippen LogP contribution is 2.19. The number of methoxy groups -OCH3 is 1. The van der Waals surface area contributed by atoms with Crippen molar-refractivity contribution in [2.45, 2.75) is 20.0 Å². The summed E-state index contributed by atoms with van der Waals surface area (Å²) in [5.41, 5.74) is 0.308. The van der Waals surface area contributed by atoms with E-state index in [4.69, 9.17) is 16.3 Å². The first kappa shape index (κ1) is 20.6. The second-order valence-corrected chi connectivity index (χ2v) is 7.28. The second kappa shape index (κ2) is 8.23. The molecule has 0 N–H and O–H groups in total. The second-order valence-electron chi connectivity index (χ2n) is 6.84. The number of aromatic nitrogens is 4. The molecule has 0 spiro atoms. The van der Waals surface area contributed by atoms with Gasteiger partial charge in [-0.3, -0.25) is 14.2 Å². The van der Waals surface area contributed by atoms with E-state index < -0.39 is 11.2 Å². The van der Waals surface area contributed by atoms with E-state index in [1.165, 1.54) is 22.6 Å². The zero-order valence-corrected chi connectivity index (χ0v) is 17.7. The maximum Gasteiger partial charge on any atom is 0.337 e. The van der Waals surface area contributed by atoms with E-state index in [2.05, 4.69) is 4.98 Å². The van der Waals surface area contributed by atoms with E-state index in [-0.39, 0.29) is 30.0 Å². The summed E-state index contributed by atoms with van der Waals surface area (Å²) in [5, 5.41) is 0.526. The van der Waals surface area contributed by atoms with Crippen LogP contribution < -0.4 is 16.0 Å². The molecule has 0 saturated carbocycles. The van der Waals surface area contributed by atoms with Gasteiger partial charge in [0.1, 0.15) is 5.75 Å². The molecule has 0 unspecified atom stereocenters. The Hall–Kier alpha value is -3.65. The minimum Gasteiger partial charge on any atom is -0.497 e. The van der Waals surface area contributed by atoms with E-state index in [9.17, 15) is 14.4 Å². The van der Waals surface area contributed by atoms with Crippen molar-refractivity contribution < 1.29 is 9.53 Å². The van der Waals surface area contributed by atoms with Crippen LogP contribution in [0.15, 0.2) is 64.4 Å². The van der Waals surface area contributed by atoms with Crippen molar-refractivity contribution in [2.75, 3.05) is 7.11 Å². The van der Waals surface area contributed by atoms with Crippen LogP contribution in [0, 0.1) is 0 Å². The van der Waals surface area contributed by atoms with Crippen LogP contribution in [-0.2, 0) is 13.1 Å². The Morgan fingerprint density at radius 3 is 2.55 bits per heavy atom. The molecular formula is C22H19ClN4O4. The minimum absolute atomic E-state index is 0.104. The number of hydrogen-bond acceptors (Lipinski definition) is 5. The number of fused-ring (bicyclic) bond motifs is 1. The number of carbonyl (C=O) groups is 1. The van der Waals surface area contributed by atoms with Crippen LogP contribution in [0.1, 0.15) is 17.3 Å². The van der Waals surface area contributed by atoms with Gasteiger partial charge < -0.3 is 9.30 Å². The molecule has 4 aromatic rings. The fraction of sp³-hybridized carbons (Fsp3) is 0.182. The molecular weight excluding hydrogens is 420 g/mol. The number of rotatable bonds is 6. The first-order valence-electron chi connectivity index (χ1n) is 9.58. The molecule has 2 aromatic carbocycles. The molecule has 0 fully saturated rings. The normalized spacial score (nSPS) is 11.1. The zero-order valence-electron chi connectivity index (χ0n) is 16.9. The van der Waals surface area contributed by atoms with Crippen LogP contribution in [0.4, 0.5) is 0 Å². The van der Waals surface area contributed by atoms with Gasteiger partial charge in [0, 0.05) is 23.2 Å². The minimum atomic E-state index is -0.512. The van der Waals surface area contributed by atoms with Crippen LogP contribution >= 0.6 is 11.6 Å². The van der Waals surface area contributed by atoms with Crippen LogP contribution in [0.5, 0.6) is 5.75 Å². The lowest BCUT2D eigenvalue weighted by Gasteiger charge is -2.12. The highest BCUT2D eigenvalue weighted by Gasteiger charge is 2.20. The molecule has 0 aliphatic carbocycles. The predicted molar refractivity (Wildman–Crippen MR) is 118 cm³/mol. The standard InChI is InChI=1S/C22H19ClN4O4/c1-3-26-21(29)19-20(27(22(26)30)16-5-4-6-17(11-16)31-2)24-13-25(19)12-18(28)14-7-9-15(23)10-8-14/h4-11,13H,3,12H2,1-2H3. The molecule has 158 valence electrons. The Labute approximate surface area is 181 Å². The average Bonchev–Trinajstić information content (AvgIpc) is 3.18. The topological polar surface area (TPSA) is 88.1 Å². The van der Waals surface area contributed by atoms with Gasteiger partial charge in [-0.2, -0.15) is 0 Å². The molecule has 0 bridgehead atoms. The van der Waals surface area contributed by atoms with Gasteiger partial charge in [-0.05, 0) is 43.3 Å². The van der Waals surface area contributed by atoms with Gasteiger partial charge in [-0.25, -0.2) is 14.3 Å². The van der Waals surface area contributed by atoms with Gasteiger partial charge in [-0.1, -0.05) is 17.7 Å². The molecule has 0 saturated heterocycles. The van der Waals surface area contributed by atoms with Crippen molar-refractivity contribution in [3.8, 4) is 11.4 Å². The fourth-order valence-electron chi connectivity index (χ4n) is 3.44. The third-order valence-electron chi connectivity index (χ3n) is 5.01. The number of ether oxygens (including phenoxy) is 1. The summed E-state index contributed by atoms with van der Waals surface area (Å²) in [6.07, 6.45) is 1.40. The number of benzene rings is 2. The van der Waals surface area contributed by atoms with Crippen LogP contribution in [0.3, 0.4) is 0 Å². The lowest BCUT2D eigenvalue weighted by atomic mass is 10.1. The molecule has 0 radical (unpaired) electrons. The number of carbonyl (C=O) groups excluding carboxylic acids is 1. The highest BCUT2D eigenvalue weighted by atomic mass is 35.5. The molecule has 8 nitrogen and oxygen atoms in total. The quantitative estimate of drug-likeness (QED) is 0.432. The summed E-state index contributed by atoms with van der Waals surface area (Å²) in [6, 6.07) is 13.4. The number of ketones is 1. The highest BCUT2D eigenvalue weighted by molar-refractivity contribution is 6.30. The van der Waals surface area contributed by atoms with Crippen molar-refractivity contribution >= 4 is 28.5 Å². The maximum atomic E-state index is 13.1. The van der Waals surface area contributed by atoms with Crippen LogP contribution in [0.2, 0.25) is 5.02 Å². The van der Waals surface area contributed by atoms with E-state index >= 15 is 0 Å². The van der Waals surface area contributed by atoms with Gasteiger partial charge >= 0.3 is 5.69 Å². The predicted octanol–water partition coefficient (Wildman–Crippen LogP) is 2.91. The van der Waals surface area contributed by atoms with E-state index in [1.807, 2.05) is 0 Å². The Balaban J connectivity index is 1.90. The van der Waals surface area contributed by atoms with E-state index in [0.717, 1.165) is 4.57 Å². The number of hydrogen-bond donors (Lipinski definition) is 0. The summed E-state index contributed by atoms with van der Waals surface area (Å²) in [7, 11) is 1.53. The van der Waals surface area contributed by atoms with Gasteiger partial charge in [0.2, 0.25) is 0 Å². The monoisotopic (exact) mass is 438 g/mol. The van der Waals surface area contributed by atoms with Gasteiger partial charge in [0.15, 0.2) is 16.9 Å². The third kappa shape index (κ3) is 3.66. The molecule has 31 heavy (non-hydrogen) atoms. The average molecular weight is 439 g/mol. The number of Topliss-reactive ketones (excluding diaryl/α,β-unsaturated/α-hetero) is 1. The lowest BCUT2D eigenvalue weighted by molar-refractivity contribution is 0.0973. The summed E-state index contributed by atoms with van der Waals surface area (Å²) < 4.78 is 9.20. The number of nitrogens with zero attached hydrogens (tertiary/aromatic N) is 4. The zero-order chi connectivity index (χ0) is 22.1. The van der Waals surface area contributed by atoms with Crippen LogP contribution in [-0.4, -0.2) is 31.6 Å². The smallest absolute Gasteiger partial charge is 0.337 e. The largest absolute Gasteiger partial charge is 0.497 e. The summed E-state index contributed by atoms with van der Waals surface area (Å²) in [5.74, 6) is 0.349. The van der Waals surface area contributed by atoms with Gasteiger partial charge in [-0.15, -0.1) is 0 Å². The molecule has 2 heterocycles. The number of imidazole rings is 1. The molecule has 0 amide bonds. The summed E-state index contributed by atoms with van der Waals surface area (Å²) >= 11 is 5.89. The molecule has 4 rings (SSSR count). The lowest BCUT2D eigenvalue weighted by Crippen LogP contribution is -2.39. The third-order valence-corrected chi connectivity index (χ3v) is 5.26. The van der Waals surface area contributed by atoms with Crippen molar-refractivity contribution in [2.24, 2.45) is 0 Å². The maximum absolute atomic E-state index is 13.1. The van der Waals surface area contributed by atoms with Gasteiger partial charge in [0.25, 0.3) is 5.56 Å². The van der Waals surface area contributed by atoms with Crippen molar-refractivity contribution in [3.05, 3.63) is 86.3 Å². The molecule has 2 aromatic heterocycles. The first-order chi connectivity index (χ1) is 14.9. The molecule has 9 heteroatoms. The Morgan fingerprint density at radius 2 is 1.87 bits per heavy atom. The van der Waals surface area contributed by atoms with Crippen molar-refractivity contribution in [3.63, 3.8) is 0 Å². The van der Waals surface area contributed by atoms with E-state index in [0.29, 0.717) is 22.0 Å². The number of halogens is 1. The van der Waals surface area contributed by atoms with E-state index in [1.54, 1.807) is 55.5 Å². The molecule has 0 aliphatic heterocycles. The Kier molecular flexibility index (Phi) is 5.48. The SMILES string of the molecule is CCn1c(=O)c2c(ncn2CC(=O)c2ccc(Cl)cc2)n(-c2cccc(OC)c2)c1=O.